The summed E-state index contributed by atoms with van der Waals surface area (Å²) in [4.78, 5) is 0. The molecule has 0 amide bonds. The quantitative estimate of drug-likeness (QED) is 0.710. The van der Waals surface area contributed by atoms with Crippen LogP contribution in [0, 0.1) is 0 Å². The number of hydrogen-bond acceptors (Lipinski definition) is 3. The van der Waals surface area contributed by atoms with E-state index in [2.05, 4.69) is 31.3 Å². The highest BCUT2D eigenvalue weighted by molar-refractivity contribution is 5.26. The van der Waals surface area contributed by atoms with Crippen LogP contribution in [0.25, 0.3) is 0 Å². The Bertz CT molecular complexity index is 371. The molecule has 0 aromatic heterocycles. The number of hydrogen-bond donors (Lipinski definition) is 3. The predicted octanol–water partition coefficient (Wildman–Crippen LogP) is 2.59. The van der Waals surface area contributed by atoms with Gasteiger partial charge in [-0.05, 0) is 30.4 Å². The maximum atomic E-state index is 10.1. The number of benzene rings is 1. The zero-order valence-corrected chi connectivity index (χ0v) is 12.5. The third-order valence-corrected chi connectivity index (χ3v) is 3.59. The summed E-state index contributed by atoms with van der Waals surface area (Å²) in [5.74, 6) is 0.504. The van der Waals surface area contributed by atoms with Gasteiger partial charge in [0.1, 0.15) is 0 Å². The van der Waals surface area contributed by atoms with Crippen molar-refractivity contribution in [1.29, 1.82) is 0 Å². The van der Waals surface area contributed by atoms with Crippen LogP contribution in [0.4, 0.5) is 0 Å². The topological polar surface area (TPSA) is 52.5 Å². The average Bonchev–Trinajstić information content (AvgIpc) is 2.38. The van der Waals surface area contributed by atoms with E-state index in [4.69, 9.17) is 0 Å². The number of nitrogens with one attached hydrogen (secondary N) is 1. The summed E-state index contributed by atoms with van der Waals surface area (Å²) in [7, 11) is 0. The van der Waals surface area contributed by atoms with Crippen LogP contribution in [-0.4, -0.2) is 28.9 Å². The molecule has 2 atom stereocenters. The minimum Gasteiger partial charge on any atom is -0.389 e. The highest BCUT2D eigenvalue weighted by Gasteiger charge is 2.17. The Kier molecular flexibility index (Phi) is 5.98. The van der Waals surface area contributed by atoms with Gasteiger partial charge < -0.3 is 15.5 Å². The van der Waals surface area contributed by atoms with Crippen molar-refractivity contribution in [2.45, 2.75) is 51.7 Å². The second-order valence-electron chi connectivity index (χ2n) is 5.82. The Morgan fingerprint density at radius 2 is 1.68 bits per heavy atom. The molecule has 0 saturated heterocycles. The molecule has 0 aliphatic carbocycles. The Morgan fingerprint density at radius 3 is 2.16 bits per heavy atom. The molecule has 0 radical (unpaired) electrons. The zero-order chi connectivity index (χ0) is 14.5. The maximum absolute atomic E-state index is 10.1. The van der Waals surface area contributed by atoms with Gasteiger partial charge in [-0.25, -0.2) is 0 Å². The molecule has 0 fully saturated rings. The lowest BCUT2D eigenvalue weighted by Crippen LogP contribution is -2.38. The van der Waals surface area contributed by atoms with Gasteiger partial charge in [0.25, 0.3) is 0 Å². The van der Waals surface area contributed by atoms with Gasteiger partial charge in [0.05, 0.1) is 11.7 Å². The van der Waals surface area contributed by atoms with Crippen LogP contribution < -0.4 is 5.32 Å². The smallest absolute Gasteiger partial charge is 0.0914 e. The lowest BCUT2D eigenvalue weighted by atomic mass is 9.99. The molecule has 19 heavy (non-hydrogen) atoms. The van der Waals surface area contributed by atoms with Crippen molar-refractivity contribution in [3.63, 3.8) is 0 Å². The minimum atomic E-state index is -0.707. The summed E-state index contributed by atoms with van der Waals surface area (Å²) >= 11 is 0. The summed E-state index contributed by atoms with van der Waals surface area (Å²) < 4.78 is 0. The molecule has 1 aromatic carbocycles. The zero-order valence-electron chi connectivity index (χ0n) is 12.5. The van der Waals surface area contributed by atoms with Crippen LogP contribution in [0.1, 0.15) is 57.3 Å². The lowest BCUT2D eigenvalue weighted by molar-refractivity contribution is 0.0516. The molecule has 0 aliphatic heterocycles. The van der Waals surface area contributed by atoms with Gasteiger partial charge in [-0.3, -0.25) is 0 Å². The highest BCUT2D eigenvalue weighted by atomic mass is 16.3. The Hall–Kier alpha value is -0.900. The SMILES string of the molecule is CCC(C)(O)CNCC(O)c1ccc(C(C)C)cc1. The first kappa shape index (κ1) is 16.2. The number of rotatable bonds is 7. The van der Waals surface area contributed by atoms with Gasteiger partial charge in [-0.2, -0.15) is 0 Å². The fourth-order valence-electron chi connectivity index (χ4n) is 1.82. The second-order valence-corrected chi connectivity index (χ2v) is 5.82. The van der Waals surface area contributed by atoms with Crippen molar-refractivity contribution in [3.8, 4) is 0 Å². The first-order chi connectivity index (χ1) is 8.85. The third kappa shape index (κ3) is 5.31. The van der Waals surface area contributed by atoms with Gasteiger partial charge in [-0.1, -0.05) is 45.0 Å². The fourth-order valence-corrected chi connectivity index (χ4v) is 1.82. The molecule has 3 heteroatoms. The standard InChI is InChI=1S/C16H27NO2/c1-5-16(4,19)11-17-10-15(18)14-8-6-13(7-9-14)12(2)3/h6-9,12,15,17-19H,5,10-11H2,1-4H3. The summed E-state index contributed by atoms with van der Waals surface area (Å²) in [6.45, 7) is 8.99. The predicted molar refractivity (Wildman–Crippen MR) is 79.3 cm³/mol. The van der Waals surface area contributed by atoms with Gasteiger partial charge in [0.2, 0.25) is 0 Å². The van der Waals surface area contributed by atoms with E-state index in [9.17, 15) is 10.2 Å². The van der Waals surface area contributed by atoms with E-state index in [1.165, 1.54) is 5.56 Å². The average molecular weight is 265 g/mol. The van der Waals surface area contributed by atoms with Crippen molar-refractivity contribution >= 4 is 0 Å². The first-order valence-corrected chi connectivity index (χ1v) is 7.06. The second kappa shape index (κ2) is 7.04. The summed E-state index contributed by atoms with van der Waals surface area (Å²) in [5, 5.41) is 23.0. The molecule has 0 heterocycles. The van der Waals surface area contributed by atoms with Crippen molar-refractivity contribution in [3.05, 3.63) is 35.4 Å². The van der Waals surface area contributed by atoms with E-state index in [0.29, 0.717) is 25.4 Å². The van der Waals surface area contributed by atoms with Crippen LogP contribution >= 0.6 is 0 Å². The van der Waals surface area contributed by atoms with Crippen molar-refractivity contribution in [2.75, 3.05) is 13.1 Å². The Morgan fingerprint density at radius 1 is 1.16 bits per heavy atom. The van der Waals surface area contributed by atoms with Crippen LogP contribution in [0.3, 0.4) is 0 Å². The third-order valence-electron chi connectivity index (χ3n) is 3.59. The molecule has 1 aromatic rings. The number of aliphatic hydroxyl groups excluding tert-OH is 1. The van der Waals surface area contributed by atoms with Crippen molar-refractivity contribution < 1.29 is 10.2 Å². The van der Waals surface area contributed by atoms with E-state index >= 15 is 0 Å². The summed E-state index contributed by atoms with van der Waals surface area (Å²) in [6, 6.07) is 8.07. The lowest BCUT2D eigenvalue weighted by Gasteiger charge is -2.23. The fraction of sp³-hybridized carbons (Fsp3) is 0.625. The van der Waals surface area contributed by atoms with E-state index in [1.807, 2.05) is 19.1 Å². The van der Waals surface area contributed by atoms with E-state index in [1.54, 1.807) is 6.92 Å². The molecule has 0 aliphatic rings. The first-order valence-electron chi connectivity index (χ1n) is 7.06. The van der Waals surface area contributed by atoms with Gasteiger partial charge in [-0.15, -0.1) is 0 Å². The van der Waals surface area contributed by atoms with Gasteiger partial charge in [0.15, 0.2) is 0 Å². The monoisotopic (exact) mass is 265 g/mol. The molecule has 3 N–H and O–H groups in total. The van der Waals surface area contributed by atoms with Crippen LogP contribution in [0.5, 0.6) is 0 Å². The molecular formula is C16H27NO2. The van der Waals surface area contributed by atoms with E-state index < -0.39 is 11.7 Å². The molecule has 3 nitrogen and oxygen atoms in total. The maximum Gasteiger partial charge on any atom is 0.0914 e. The van der Waals surface area contributed by atoms with Crippen molar-refractivity contribution in [2.24, 2.45) is 0 Å². The molecule has 0 saturated carbocycles. The number of aliphatic hydroxyl groups is 2. The van der Waals surface area contributed by atoms with E-state index in [-0.39, 0.29) is 0 Å². The minimum absolute atomic E-state index is 0.456. The summed E-state index contributed by atoms with van der Waals surface area (Å²) in [5.41, 5.74) is 1.48. The van der Waals surface area contributed by atoms with Crippen LogP contribution in [0.15, 0.2) is 24.3 Å². The molecule has 0 bridgehead atoms. The molecule has 2 unspecified atom stereocenters. The van der Waals surface area contributed by atoms with Gasteiger partial charge in [0, 0.05) is 13.1 Å². The Balaban J connectivity index is 2.47. The Labute approximate surface area is 116 Å². The van der Waals surface area contributed by atoms with E-state index in [0.717, 1.165) is 5.56 Å². The molecule has 0 spiro atoms. The van der Waals surface area contributed by atoms with Crippen LogP contribution in [-0.2, 0) is 0 Å². The van der Waals surface area contributed by atoms with Gasteiger partial charge >= 0.3 is 0 Å². The molecular weight excluding hydrogens is 238 g/mol. The van der Waals surface area contributed by atoms with Crippen molar-refractivity contribution in [1.82, 2.24) is 5.32 Å². The largest absolute Gasteiger partial charge is 0.389 e. The normalized spacial score (nSPS) is 16.4. The molecule has 1 rings (SSSR count). The highest BCUT2D eigenvalue weighted by Crippen LogP contribution is 2.18. The summed E-state index contributed by atoms with van der Waals surface area (Å²) in [6.07, 6.45) is 0.160. The molecule has 108 valence electrons. The van der Waals surface area contributed by atoms with Crippen LogP contribution in [0.2, 0.25) is 0 Å².